The summed E-state index contributed by atoms with van der Waals surface area (Å²) in [6, 6.07) is 18.9. The summed E-state index contributed by atoms with van der Waals surface area (Å²) in [6.07, 6.45) is 0.384. The van der Waals surface area contributed by atoms with Gasteiger partial charge < -0.3 is 23.9 Å². The third-order valence-corrected chi connectivity index (χ3v) is 6.48. The fourth-order valence-corrected chi connectivity index (χ4v) is 4.61. The average Bonchev–Trinajstić information content (AvgIpc) is 3.46. The van der Waals surface area contributed by atoms with Gasteiger partial charge in [0.15, 0.2) is 23.0 Å². The average molecular weight is 502 g/mol. The van der Waals surface area contributed by atoms with Gasteiger partial charge in [-0.3, -0.25) is 9.59 Å². The van der Waals surface area contributed by atoms with E-state index in [0.29, 0.717) is 29.1 Å². The number of aliphatic hydroxyl groups is 1. The van der Waals surface area contributed by atoms with Crippen LogP contribution in [0.4, 0.5) is 4.39 Å². The molecule has 1 aliphatic heterocycles. The number of ketones is 1. The minimum atomic E-state index is -0.909. The minimum Gasteiger partial charge on any atom is -0.503 e. The number of Topliss-reactive ketones (excluding diaryl/α,β-unsaturated/α-hetero) is 1. The summed E-state index contributed by atoms with van der Waals surface area (Å²) in [5.74, 6) is -1.36. The predicted octanol–water partition coefficient (Wildman–Crippen LogP) is 5.41. The summed E-state index contributed by atoms with van der Waals surface area (Å²) >= 11 is 0. The third kappa shape index (κ3) is 4.42. The molecule has 188 valence electrons. The molecular weight excluding hydrogens is 477 g/mol. The van der Waals surface area contributed by atoms with Crippen molar-refractivity contribution in [2.45, 2.75) is 12.5 Å². The van der Waals surface area contributed by atoms with E-state index in [1.165, 1.54) is 31.3 Å². The van der Waals surface area contributed by atoms with Gasteiger partial charge in [-0.1, -0.05) is 36.4 Å². The van der Waals surface area contributed by atoms with Gasteiger partial charge in [-0.2, -0.15) is 0 Å². The van der Waals surface area contributed by atoms with E-state index in [1.807, 2.05) is 12.1 Å². The molecule has 0 bridgehead atoms. The molecule has 7 nitrogen and oxygen atoms in total. The Labute approximate surface area is 212 Å². The van der Waals surface area contributed by atoms with Gasteiger partial charge in [0.1, 0.15) is 11.4 Å². The molecular formula is C29H24FNO6. The van der Waals surface area contributed by atoms with Crippen LogP contribution in [-0.4, -0.2) is 42.5 Å². The van der Waals surface area contributed by atoms with Crippen LogP contribution in [0.3, 0.4) is 0 Å². The zero-order valence-electron chi connectivity index (χ0n) is 20.2. The van der Waals surface area contributed by atoms with Crippen LogP contribution in [0.5, 0.6) is 11.5 Å². The van der Waals surface area contributed by atoms with Crippen molar-refractivity contribution < 1.29 is 33.0 Å². The number of benzene rings is 3. The van der Waals surface area contributed by atoms with Crippen molar-refractivity contribution in [2.24, 2.45) is 0 Å². The second-order valence-electron chi connectivity index (χ2n) is 8.63. The first-order chi connectivity index (χ1) is 17.9. The van der Waals surface area contributed by atoms with Gasteiger partial charge in [0.25, 0.3) is 5.91 Å². The van der Waals surface area contributed by atoms with Crippen LogP contribution in [0.25, 0.3) is 11.0 Å². The van der Waals surface area contributed by atoms with Gasteiger partial charge in [-0.05, 0) is 53.9 Å². The summed E-state index contributed by atoms with van der Waals surface area (Å²) in [6.45, 7) is 0.171. The van der Waals surface area contributed by atoms with E-state index in [4.69, 9.17) is 13.9 Å². The molecule has 0 radical (unpaired) electrons. The molecule has 1 N–H and O–H groups in total. The van der Waals surface area contributed by atoms with Crippen LogP contribution < -0.4 is 9.47 Å². The number of rotatable bonds is 8. The summed E-state index contributed by atoms with van der Waals surface area (Å²) in [5.41, 5.74) is 1.78. The highest BCUT2D eigenvalue weighted by Gasteiger charge is 2.44. The van der Waals surface area contributed by atoms with Crippen LogP contribution in [-0.2, 0) is 11.2 Å². The highest BCUT2D eigenvalue weighted by molar-refractivity contribution is 6.16. The number of hydrogen-bond acceptors (Lipinski definition) is 6. The van der Waals surface area contributed by atoms with Crippen LogP contribution in [0.1, 0.15) is 27.7 Å². The highest BCUT2D eigenvalue weighted by Crippen LogP contribution is 2.42. The molecule has 5 rings (SSSR count). The first kappa shape index (κ1) is 24.1. The Hall–Kier alpha value is -4.59. The maximum Gasteiger partial charge on any atom is 0.290 e. The lowest BCUT2D eigenvalue weighted by atomic mass is 9.94. The lowest BCUT2D eigenvalue weighted by Gasteiger charge is -2.27. The first-order valence-corrected chi connectivity index (χ1v) is 11.6. The highest BCUT2D eigenvalue weighted by atomic mass is 19.1. The summed E-state index contributed by atoms with van der Waals surface area (Å²) in [5, 5.41) is 11.7. The van der Waals surface area contributed by atoms with E-state index in [2.05, 4.69) is 0 Å². The topological polar surface area (TPSA) is 89.2 Å². The van der Waals surface area contributed by atoms with Gasteiger partial charge in [0.2, 0.25) is 5.78 Å². The molecule has 0 aliphatic carbocycles. The van der Waals surface area contributed by atoms with E-state index < -0.39 is 23.5 Å². The first-order valence-electron chi connectivity index (χ1n) is 11.6. The number of carbonyl (C=O) groups is 2. The van der Waals surface area contributed by atoms with Gasteiger partial charge in [-0.15, -0.1) is 0 Å². The summed E-state index contributed by atoms with van der Waals surface area (Å²) < 4.78 is 29.9. The number of aliphatic hydroxyl groups excluding tert-OH is 1. The molecule has 1 unspecified atom stereocenters. The lowest BCUT2D eigenvalue weighted by molar-refractivity contribution is -0.129. The van der Waals surface area contributed by atoms with E-state index in [9.17, 15) is 19.1 Å². The molecule has 0 fully saturated rings. The molecule has 8 heteroatoms. The van der Waals surface area contributed by atoms with Gasteiger partial charge in [0.05, 0.1) is 25.8 Å². The molecule has 0 spiro atoms. The van der Waals surface area contributed by atoms with Crippen molar-refractivity contribution >= 4 is 22.7 Å². The number of halogens is 1. The van der Waals surface area contributed by atoms with E-state index in [1.54, 1.807) is 48.5 Å². The third-order valence-electron chi connectivity index (χ3n) is 6.48. The van der Waals surface area contributed by atoms with E-state index in [-0.39, 0.29) is 23.7 Å². The summed E-state index contributed by atoms with van der Waals surface area (Å²) in [4.78, 5) is 28.4. The molecule has 3 aromatic carbocycles. The van der Waals surface area contributed by atoms with Crippen molar-refractivity contribution in [3.8, 4) is 11.5 Å². The zero-order chi connectivity index (χ0) is 26.1. The van der Waals surface area contributed by atoms with E-state index in [0.717, 1.165) is 10.9 Å². The monoisotopic (exact) mass is 501 g/mol. The molecule has 1 amide bonds. The maximum atomic E-state index is 13.7. The fourth-order valence-electron chi connectivity index (χ4n) is 4.61. The second kappa shape index (κ2) is 9.81. The van der Waals surface area contributed by atoms with Crippen molar-refractivity contribution in [3.05, 3.63) is 107 Å². The number of furan rings is 1. The number of carbonyl (C=O) groups excluding carboxylic acids is 2. The second-order valence-corrected chi connectivity index (χ2v) is 8.63. The van der Waals surface area contributed by atoms with Crippen molar-refractivity contribution in [2.75, 3.05) is 20.8 Å². The molecule has 2 heterocycles. The number of para-hydroxylation sites is 1. The van der Waals surface area contributed by atoms with Crippen LogP contribution in [0.15, 0.2) is 88.5 Å². The maximum absolute atomic E-state index is 13.7. The van der Waals surface area contributed by atoms with Crippen LogP contribution in [0.2, 0.25) is 0 Å². The predicted molar refractivity (Wildman–Crippen MR) is 134 cm³/mol. The number of hydrogen-bond donors (Lipinski definition) is 1. The van der Waals surface area contributed by atoms with Crippen molar-refractivity contribution in [3.63, 3.8) is 0 Å². The Bertz CT molecular complexity index is 1490. The van der Waals surface area contributed by atoms with Gasteiger partial charge in [-0.25, -0.2) is 4.39 Å². The Morgan fingerprint density at radius 2 is 1.73 bits per heavy atom. The number of amides is 1. The summed E-state index contributed by atoms with van der Waals surface area (Å²) in [7, 11) is 3.00. The smallest absolute Gasteiger partial charge is 0.290 e. The molecule has 0 saturated heterocycles. The normalized spacial score (nSPS) is 15.5. The molecule has 1 atom stereocenters. The number of methoxy groups -OCH3 is 2. The fraction of sp³-hybridized carbons (Fsp3) is 0.172. The van der Waals surface area contributed by atoms with Gasteiger partial charge in [0, 0.05) is 11.9 Å². The number of fused-ring (bicyclic) bond motifs is 1. The Kier molecular flexibility index (Phi) is 6.40. The Morgan fingerprint density at radius 1 is 1.00 bits per heavy atom. The standard InChI is InChI=1S/C29H24FNO6/c1-35-22-12-9-19(16-23(22)36-2)26-25(27(32)24-15-18-5-3-4-6-21(18)37-24)28(33)29(34)31(26)14-13-17-7-10-20(30)11-8-17/h3-12,15-16,26,33H,13-14H2,1-2H3. The molecule has 4 aromatic rings. The molecule has 1 aliphatic rings. The number of ether oxygens (including phenoxy) is 2. The molecule has 37 heavy (non-hydrogen) atoms. The van der Waals surface area contributed by atoms with Gasteiger partial charge >= 0.3 is 0 Å². The van der Waals surface area contributed by atoms with Crippen LogP contribution in [0, 0.1) is 5.82 Å². The number of nitrogens with zero attached hydrogens (tertiary/aromatic N) is 1. The minimum absolute atomic E-state index is 0.0152. The zero-order valence-corrected chi connectivity index (χ0v) is 20.2. The van der Waals surface area contributed by atoms with Crippen LogP contribution >= 0.6 is 0 Å². The van der Waals surface area contributed by atoms with E-state index >= 15 is 0 Å². The lowest BCUT2D eigenvalue weighted by Crippen LogP contribution is -2.33. The van der Waals surface area contributed by atoms with Crippen molar-refractivity contribution in [1.82, 2.24) is 4.90 Å². The van der Waals surface area contributed by atoms with Crippen molar-refractivity contribution in [1.29, 1.82) is 0 Å². The largest absolute Gasteiger partial charge is 0.503 e. The quantitative estimate of drug-likeness (QED) is 0.325. The Balaban J connectivity index is 1.56. The molecule has 0 saturated carbocycles. The SMILES string of the molecule is COc1ccc(C2C(C(=O)c3cc4ccccc4o3)=C(O)C(=O)N2CCc2ccc(F)cc2)cc1OC. The Morgan fingerprint density at radius 3 is 2.43 bits per heavy atom. The molecule has 1 aromatic heterocycles.